The van der Waals surface area contributed by atoms with Gasteiger partial charge in [-0.25, -0.2) is 4.98 Å². The molecule has 0 amide bonds. The molecule has 0 aliphatic rings. The van der Waals surface area contributed by atoms with E-state index in [0.29, 0.717) is 6.29 Å². The average Bonchev–Trinajstić information content (AvgIpc) is 2.14. The fourth-order valence-electron chi connectivity index (χ4n) is 0.355. The molecule has 0 spiro atoms. The molecule has 0 aliphatic heterocycles. The lowest BCUT2D eigenvalue weighted by atomic mass is 10.6. The second-order valence-corrected chi connectivity index (χ2v) is 1.22. The van der Waals surface area contributed by atoms with Crippen molar-refractivity contribution in [1.29, 1.82) is 0 Å². The number of rotatable bonds is 1. The van der Waals surface area contributed by atoms with Crippen LogP contribution < -0.4 is 5.73 Å². The summed E-state index contributed by atoms with van der Waals surface area (Å²) in [6.07, 6.45) is 1.81. The second kappa shape index (κ2) is 3.09. The Kier molecular flexibility index (Phi) is 2.73. The minimum absolute atomic E-state index is 0. The molecule has 0 aliphatic carbocycles. The van der Waals surface area contributed by atoms with E-state index < -0.39 is 0 Å². The van der Waals surface area contributed by atoms with Gasteiger partial charge in [-0.05, 0) is 0 Å². The van der Waals surface area contributed by atoms with E-state index in [1.54, 1.807) is 0 Å². The summed E-state index contributed by atoms with van der Waals surface area (Å²) in [5.74, 6) is 0.155. The Morgan fingerprint density at radius 1 is 1.78 bits per heavy atom. The summed E-state index contributed by atoms with van der Waals surface area (Å²) < 4.78 is 4.53. The molecule has 0 saturated heterocycles. The van der Waals surface area contributed by atoms with Gasteiger partial charge in [0, 0.05) is 0 Å². The Bertz CT molecular complexity index is 198. The predicted octanol–water partition coefficient (Wildman–Crippen LogP) is 0.491. The van der Waals surface area contributed by atoms with Gasteiger partial charge in [0.1, 0.15) is 0 Å². The Hall–Kier alpha value is -1.03. The first-order valence-corrected chi connectivity index (χ1v) is 1.99. The van der Waals surface area contributed by atoms with Crippen molar-refractivity contribution in [1.82, 2.24) is 4.98 Å². The lowest BCUT2D eigenvalue weighted by molar-refractivity contribution is 0.110. The third-order valence-corrected chi connectivity index (χ3v) is 0.658. The molecule has 0 unspecified atom stereocenters. The normalized spacial score (nSPS) is 8.00. The van der Waals surface area contributed by atoms with Crippen molar-refractivity contribution in [3.63, 3.8) is 0 Å². The summed E-state index contributed by atoms with van der Waals surface area (Å²) in [4.78, 5) is 13.3. The standard InChI is InChI=1S/C4H4N2O2.ClH/c5-4-6-1-3(2-7)8-4;/h1-2H,(H2,5,6);1H. The van der Waals surface area contributed by atoms with Gasteiger partial charge in [0.25, 0.3) is 6.01 Å². The number of carbonyl (C=O) groups excluding carboxylic acids is 1. The van der Waals surface area contributed by atoms with Crippen molar-refractivity contribution in [2.45, 2.75) is 0 Å². The maximum absolute atomic E-state index is 9.83. The van der Waals surface area contributed by atoms with Crippen molar-refractivity contribution in [3.05, 3.63) is 12.0 Å². The molecule has 1 aromatic heterocycles. The number of anilines is 1. The first-order chi connectivity index (χ1) is 3.83. The van der Waals surface area contributed by atoms with Crippen molar-refractivity contribution in [2.75, 3.05) is 5.73 Å². The summed E-state index contributed by atoms with van der Waals surface area (Å²) in [5, 5.41) is 0. The molecule has 0 aromatic carbocycles. The summed E-state index contributed by atoms with van der Waals surface area (Å²) >= 11 is 0. The third kappa shape index (κ3) is 1.73. The Labute approximate surface area is 57.5 Å². The van der Waals surface area contributed by atoms with Gasteiger partial charge in [-0.15, -0.1) is 12.4 Å². The number of hydrogen-bond acceptors (Lipinski definition) is 4. The zero-order valence-electron chi connectivity index (χ0n) is 4.40. The lowest BCUT2D eigenvalue weighted by Crippen LogP contribution is -1.79. The minimum atomic E-state index is 0. The molecular formula is C4H5ClN2O2. The van der Waals surface area contributed by atoms with E-state index in [1.807, 2.05) is 0 Å². The van der Waals surface area contributed by atoms with E-state index in [0.717, 1.165) is 0 Å². The van der Waals surface area contributed by atoms with Crippen LogP contribution in [0.2, 0.25) is 0 Å². The molecule has 50 valence electrons. The number of hydrogen-bond donors (Lipinski definition) is 1. The Balaban J connectivity index is 0.000000640. The highest BCUT2D eigenvalue weighted by molar-refractivity contribution is 5.85. The van der Waals surface area contributed by atoms with Crippen LogP contribution in [0.15, 0.2) is 10.6 Å². The second-order valence-electron chi connectivity index (χ2n) is 1.22. The van der Waals surface area contributed by atoms with Crippen LogP contribution in [-0.4, -0.2) is 11.3 Å². The van der Waals surface area contributed by atoms with Gasteiger partial charge in [0.05, 0.1) is 6.20 Å². The Morgan fingerprint density at radius 3 is 2.67 bits per heavy atom. The first kappa shape index (κ1) is 7.97. The molecular weight excluding hydrogens is 144 g/mol. The molecule has 0 atom stereocenters. The number of oxazole rings is 1. The summed E-state index contributed by atoms with van der Waals surface area (Å²) in [6.45, 7) is 0. The molecule has 0 bridgehead atoms. The van der Waals surface area contributed by atoms with Gasteiger partial charge in [0.15, 0.2) is 12.0 Å². The zero-order valence-corrected chi connectivity index (χ0v) is 5.22. The van der Waals surface area contributed by atoms with Crippen LogP contribution >= 0.6 is 12.4 Å². The smallest absolute Gasteiger partial charge is 0.292 e. The molecule has 2 N–H and O–H groups in total. The third-order valence-electron chi connectivity index (χ3n) is 0.658. The molecule has 5 heteroatoms. The molecule has 0 fully saturated rings. The van der Waals surface area contributed by atoms with Crippen LogP contribution in [0.25, 0.3) is 0 Å². The molecule has 1 heterocycles. The monoisotopic (exact) mass is 148 g/mol. The van der Waals surface area contributed by atoms with Gasteiger partial charge in [0.2, 0.25) is 0 Å². The Morgan fingerprint density at radius 2 is 2.44 bits per heavy atom. The first-order valence-electron chi connectivity index (χ1n) is 1.99. The number of nitrogens with two attached hydrogens (primary N) is 1. The molecule has 0 saturated carbocycles. The molecule has 0 radical (unpaired) electrons. The van der Waals surface area contributed by atoms with E-state index in [1.165, 1.54) is 6.20 Å². The number of nitrogen functional groups attached to an aromatic ring is 1. The van der Waals surface area contributed by atoms with Gasteiger partial charge in [-0.2, -0.15) is 0 Å². The molecule has 4 nitrogen and oxygen atoms in total. The fourth-order valence-corrected chi connectivity index (χ4v) is 0.355. The van der Waals surface area contributed by atoms with Crippen LogP contribution in [0.3, 0.4) is 0 Å². The number of carbonyl (C=O) groups is 1. The highest BCUT2D eigenvalue weighted by Gasteiger charge is 1.94. The van der Waals surface area contributed by atoms with E-state index >= 15 is 0 Å². The quantitative estimate of drug-likeness (QED) is 0.589. The fraction of sp³-hybridized carbons (Fsp3) is 0. The van der Waals surface area contributed by atoms with Crippen LogP contribution in [0.5, 0.6) is 0 Å². The van der Waals surface area contributed by atoms with Crippen molar-refractivity contribution in [2.24, 2.45) is 0 Å². The summed E-state index contributed by atoms with van der Waals surface area (Å²) in [5.41, 5.74) is 5.02. The highest BCUT2D eigenvalue weighted by atomic mass is 35.5. The van der Waals surface area contributed by atoms with Gasteiger partial charge in [-0.3, -0.25) is 4.79 Å². The zero-order chi connectivity index (χ0) is 5.98. The molecule has 9 heavy (non-hydrogen) atoms. The van der Waals surface area contributed by atoms with Crippen LogP contribution in [0.1, 0.15) is 10.6 Å². The van der Waals surface area contributed by atoms with Gasteiger partial charge >= 0.3 is 0 Å². The van der Waals surface area contributed by atoms with E-state index in [4.69, 9.17) is 5.73 Å². The van der Waals surface area contributed by atoms with Crippen molar-refractivity contribution >= 4 is 24.7 Å². The largest absolute Gasteiger partial charge is 0.421 e. The van der Waals surface area contributed by atoms with Crippen molar-refractivity contribution in [3.8, 4) is 0 Å². The predicted molar refractivity (Wildman–Crippen MR) is 33.6 cm³/mol. The lowest BCUT2D eigenvalue weighted by Gasteiger charge is -1.73. The number of nitrogens with zero attached hydrogens (tertiary/aromatic N) is 1. The van der Waals surface area contributed by atoms with E-state index in [-0.39, 0.29) is 24.2 Å². The highest BCUT2D eigenvalue weighted by Crippen LogP contribution is 1.99. The van der Waals surface area contributed by atoms with Crippen molar-refractivity contribution < 1.29 is 9.21 Å². The SMILES string of the molecule is Cl.Nc1ncc(C=O)o1. The minimum Gasteiger partial charge on any atom is -0.421 e. The number of aldehydes is 1. The molecule has 1 aromatic rings. The average molecular weight is 149 g/mol. The van der Waals surface area contributed by atoms with Crippen LogP contribution in [0.4, 0.5) is 6.01 Å². The van der Waals surface area contributed by atoms with Gasteiger partial charge in [-0.1, -0.05) is 0 Å². The van der Waals surface area contributed by atoms with Crippen LogP contribution in [0, 0.1) is 0 Å². The van der Waals surface area contributed by atoms with E-state index in [9.17, 15) is 4.79 Å². The summed E-state index contributed by atoms with van der Waals surface area (Å²) in [6, 6.07) is 0.0205. The van der Waals surface area contributed by atoms with E-state index in [2.05, 4.69) is 9.40 Å². The van der Waals surface area contributed by atoms with Crippen LogP contribution in [-0.2, 0) is 0 Å². The topological polar surface area (TPSA) is 69.1 Å². The van der Waals surface area contributed by atoms with Gasteiger partial charge < -0.3 is 10.2 Å². The summed E-state index contributed by atoms with van der Waals surface area (Å²) in [7, 11) is 0. The number of halogens is 1. The maximum atomic E-state index is 9.83. The maximum Gasteiger partial charge on any atom is 0.292 e. The molecule has 1 rings (SSSR count). The number of aromatic nitrogens is 1.